The van der Waals surface area contributed by atoms with Crippen LogP contribution in [-0.2, 0) is 16.4 Å². The highest BCUT2D eigenvalue weighted by Crippen LogP contribution is 2.17. The van der Waals surface area contributed by atoms with E-state index in [1.165, 1.54) is 12.1 Å². The molecule has 2 aromatic carbocycles. The third-order valence-corrected chi connectivity index (χ3v) is 4.85. The Kier molecular flexibility index (Phi) is 5.63. The van der Waals surface area contributed by atoms with Gasteiger partial charge in [-0.05, 0) is 42.7 Å². The summed E-state index contributed by atoms with van der Waals surface area (Å²) in [5.41, 5.74) is 2.99. The first kappa shape index (κ1) is 18.7. The van der Waals surface area contributed by atoms with Crippen molar-refractivity contribution in [2.75, 3.05) is 17.2 Å². The van der Waals surface area contributed by atoms with E-state index in [0.29, 0.717) is 24.7 Å². The smallest absolute Gasteiger partial charge is 0.249 e. The van der Waals surface area contributed by atoms with Crippen LogP contribution in [-0.4, -0.2) is 30.1 Å². The molecule has 0 radical (unpaired) electrons. The Morgan fingerprint density at radius 1 is 1.07 bits per heavy atom. The van der Waals surface area contributed by atoms with Gasteiger partial charge in [-0.3, -0.25) is 0 Å². The molecule has 27 heavy (non-hydrogen) atoms. The third kappa shape index (κ3) is 5.22. The van der Waals surface area contributed by atoms with Crippen molar-refractivity contribution in [3.05, 3.63) is 65.9 Å². The average Bonchev–Trinajstić information content (AvgIpc) is 2.64. The molecule has 4 N–H and O–H groups in total. The number of hydrogen-bond donors (Lipinski definition) is 3. The highest BCUT2D eigenvalue weighted by Gasteiger charge is 2.07. The summed E-state index contributed by atoms with van der Waals surface area (Å²) in [6.07, 6.45) is 2.24. The maximum Gasteiger partial charge on any atom is 0.249 e. The molecule has 3 rings (SSSR count). The fourth-order valence-electron chi connectivity index (χ4n) is 2.46. The Balaban J connectivity index is 1.58. The molecule has 0 aliphatic carbocycles. The second-order valence-electron chi connectivity index (χ2n) is 5.97. The molecular weight excluding hydrogens is 364 g/mol. The van der Waals surface area contributed by atoms with Crippen LogP contribution in [0.2, 0.25) is 0 Å². The van der Waals surface area contributed by atoms with E-state index in [1.54, 1.807) is 18.3 Å². The van der Waals surface area contributed by atoms with Crippen LogP contribution in [0, 0.1) is 6.92 Å². The summed E-state index contributed by atoms with van der Waals surface area (Å²) in [4.78, 5) is 4.50. The van der Waals surface area contributed by atoms with Crippen molar-refractivity contribution in [3.63, 3.8) is 0 Å². The van der Waals surface area contributed by atoms with Crippen LogP contribution in [0.4, 0.5) is 17.5 Å². The summed E-state index contributed by atoms with van der Waals surface area (Å²) < 4.78 is 22.5. The first-order valence-corrected chi connectivity index (χ1v) is 9.84. The summed E-state index contributed by atoms with van der Waals surface area (Å²) in [5, 5.41) is 19.4. The van der Waals surface area contributed by atoms with Crippen molar-refractivity contribution in [2.45, 2.75) is 18.2 Å². The van der Waals surface area contributed by atoms with Crippen LogP contribution in [0.5, 0.6) is 0 Å². The van der Waals surface area contributed by atoms with Crippen molar-refractivity contribution < 1.29 is 8.42 Å². The number of sulfonamides is 1. The highest BCUT2D eigenvalue weighted by atomic mass is 32.2. The molecular formula is C18H20N6O2S. The van der Waals surface area contributed by atoms with Crippen molar-refractivity contribution in [1.29, 1.82) is 0 Å². The zero-order valence-corrected chi connectivity index (χ0v) is 15.6. The number of nitrogens with zero attached hydrogens (tertiary/aromatic N) is 3. The minimum absolute atomic E-state index is 0.103. The van der Waals surface area contributed by atoms with E-state index in [-0.39, 0.29) is 4.90 Å². The zero-order valence-electron chi connectivity index (χ0n) is 14.8. The van der Waals surface area contributed by atoms with E-state index in [9.17, 15) is 8.42 Å². The van der Waals surface area contributed by atoms with Gasteiger partial charge in [0.05, 0.1) is 11.1 Å². The number of anilines is 3. The van der Waals surface area contributed by atoms with E-state index in [2.05, 4.69) is 25.8 Å². The second kappa shape index (κ2) is 8.11. The van der Waals surface area contributed by atoms with E-state index in [4.69, 9.17) is 5.14 Å². The molecule has 0 saturated heterocycles. The predicted molar refractivity (Wildman–Crippen MR) is 104 cm³/mol. The molecule has 0 atom stereocenters. The summed E-state index contributed by atoms with van der Waals surface area (Å²) in [5.74, 6) is 1.01. The quantitative estimate of drug-likeness (QED) is 0.571. The summed E-state index contributed by atoms with van der Waals surface area (Å²) in [6.45, 7) is 2.61. The van der Waals surface area contributed by atoms with E-state index in [0.717, 1.165) is 16.8 Å². The lowest BCUT2D eigenvalue weighted by Crippen LogP contribution is -2.12. The van der Waals surface area contributed by atoms with E-state index < -0.39 is 10.0 Å². The number of primary sulfonamides is 1. The molecule has 0 unspecified atom stereocenters. The summed E-state index contributed by atoms with van der Waals surface area (Å²) >= 11 is 0. The Morgan fingerprint density at radius 2 is 1.81 bits per heavy atom. The van der Waals surface area contributed by atoms with Crippen LogP contribution in [0.15, 0.2) is 59.6 Å². The lowest BCUT2D eigenvalue weighted by Gasteiger charge is -2.09. The van der Waals surface area contributed by atoms with Crippen LogP contribution < -0.4 is 15.8 Å². The normalized spacial score (nSPS) is 11.2. The zero-order chi connectivity index (χ0) is 19.3. The summed E-state index contributed by atoms with van der Waals surface area (Å²) in [7, 11) is -3.66. The lowest BCUT2D eigenvalue weighted by molar-refractivity contribution is 0.598. The molecule has 0 saturated carbocycles. The molecule has 0 aliphatic heterocycles. The number of aryl methyl sites for hydroxylation is 1. The number of para-hydroxylation sites is 1. The molecule has 0 aliphatic rings. The maximum absolute atomic E-state index is 11.3. The molecule has 3 aromatic rings. The van der Waals surface area contributed by atoms with Gasteiger partial charge in [-0.15, -0.1) is 5.10 Å². The van der Waals surface area contributed by atoms with Crippen molar-refractivity contribution in [1.82, 2.24) is 15.2 Å². The van der Waals surface area contributed by atoms with Crippen LogP contribution in [0.3, 0.4) is 0 Å². The third-order valence-electron chi connectivity index (χ3n) is 3.92. The minimum Gasteiger partial charge on any atom is -0.368 e. The van der Waals surface area contributed by atoms with Crippen LogP contribution >= 0.6 is 0 Å². The average molecular weight is 384 g/mol. The molecule has 140 valence electrons. The van der Waals surface area contributed by atoms with Crippen molar-refractivity contribution in [2.24, 2.45) is 5.14 Å². The highest BCUT2D eigenvalue weighted by molar-refractivity contribution is 7.89. The number of nitrogens with one attached hydrogen (secondary N) is 2. The monoisotopic (exact) mass is 384 g/mol. The number of nitrogens with two attached hydrogens (primary N) is 1. The Bertz CT molecular complexity index is 1020. The summed E-state index contributed by atoms with van der Waals surface area (Å²) in [6, 6.07) is 14.3. The SMILES string of the molecule is Cc1ccccc1Nc1nncc(NCCc2ccc(S(N)(=O)=O)cc2)n1. The number of hydrogen-bond acceptors (Lipinski definition) is 7. The minimum atomic E-state index is -3.66. The Morgan fingerprint density at radius 3 is 2.52 bits per heavy atom. The number of aromatic nitrogens is 3. The molecule has 0 bridgehead atoms. The van der Waals surface area contributed by atoms with Gasteiger partial charge in [0, 0.05) is 12.2 Å². The Labute approximate surface area is 157 Å². The molecule has 9 heteroatoms. The molecule has 0 spiro atoms. The van der Waals surface area contributed by atoms with Gasteiger partial charge >= 0.3 is 0 Å². The molecule has 1 heterocycles. The number of rotatable bonds is 7. The van der Waals surface area contributed by atoms with Crippen LogP contribution in [0.25, 0.3) is 0 Å². The predicted octanol–water partition coefficient (Wildman–Crippen LogP) is 2.23. The number of benzene rings is 2. The first-order valence-electron chi connectivity index (χ1n) is 8.30. The van der Waals surface area contributed by atoms with Gasteiger partial charge in [-0.25, -0.2) is 13.6 Å². The second-order valence-corrected chi connectivity index (χ2v) is 7.53. The molecule has 0 amide bonds. The van der Waals surface area contributed by atoms with Gasteiger partial charge < -0.3 is 10.6 Å². The van der Waals surface area contributed by atoms with Gasteiger partial charge in [-0.1, -0.05) is 30.3 Å². The van der Waals surface area contributed by atoms with Crippen molar-refractivity contribution >= 4 is 27.5 Å². The fraction of sp³-hybridized carbons (Fsp3) is 0.167. The van der Waals surface area contributed by atoms with Gasteiger partial charge in [0.2, 0.25) is 16.0 Å². The van der Waals surface area contributed by atoms with Crippen LogP contribution in [0.1, 0.15) is 11.1 Å². The largest absolute Gasteiger partial charge is 0.368 e. The van der Waals surface area contributed by atoms with E-state index >= 15 is 0 Å². The topological polar surface area (TPSA) is 123 Å². The lowest BCUT2D eigenvalue weighted by atomic mass is 10.1. The van der Waals surface area contributed by atoms with Crippen molar-refractivity contribution in [3.8, 4) is 0 Å². The maximum atomic E-state index is 11.3. The molecule has 0 fully saturated rings. The van der Waals surface area contributed by atoms with Gasteiger partial charge in [-0.2, -0.15) is 10.1 Å². The molecule has 1 aromatic heterocycles. The van der Waals surface area contributed by atoms with Gasteiger partial charge in [0.25, 0.3) is 0 Å². The van der Waals surface area contributed by atoms with Gasteiger partial charge in [0.15, 0.2) is 5.82 Å². The molecule has 8 nitrogen and oxygen atoms in total. The fourth-order valence-corrected chi connectivity index (χ4v) is 2.97. The standard InChI is InChI=1S/C18H20N6O2S/c1-13-4-2-3-5-16(13)22-18-23-17(12-21-24-18)20-11-10-14-6-8-15(9-7-14)27(19,25)26/h2-9,12H,10-11H2,1H3,(H2,19,25,26)(H2,20,22,23,24). The Hall–Kier alpha value is -3.04. The first-order chi connectivity index (χ1) is 12.9. The van der Waals surface area contributed by atoms with Gasteiger partial charge in [0.1, 0.15) is 0 Å². The van der Waals surface area contributed by atoms with E-state index in [1.807, 2.05) is 31.2 Å².